The van der Waals surface area contributed by atoms with E-state index in [1.165, 1.54) is 4.52 Å². The van der Waals surface area contributed by atoms with Crippen LogP contribution in [-0.4, -0.2) is 48.0 Å². The number of hydrogen-bond donors (Lipinski definition) is 0. The third-order valence-corrected chi connectivity index (χ3v) is 7.14. The fourth-order valence-corrected chi connectivity index (χ4v) is 5.59. The minimum Gasteiger partial charge on any atom is -0.341 e. The summed E-state index contributed by atoms with van der Waals surface area (Å²) >= 11 is 1.55. The molecule has 0 N–H and O–H groups in total. The first-order chi connectivity index (χ1) is 15.1. The number of fused-ring (bicyclic) bond motifs is 3. The second kappa shape index (κ2) is 7.88. The van der Waals surface area contributed by atoms with Crippen molar-refractivity contribution in [3.63, 3.8) is 0 Å². The van der Waals surface area contributed by atoms with E-state index in [2.05, 4.69) is 23.9 Å². The molecular formula is C22H24N6O2S. The van der Waals surface area contributed by atoms with Crippen LogP contribution in [0.25, 0.3) is 27.3 Å². The number of piperidine rings is 1. The highest BCUT2D eigenvalue weighted by atomic mass is 32.1. The number of hydrogen-bond acceptors (Lipinski definition) is 6. The van der Waals surface area contributed by atoms with E-state index in [0.717, 1.165) is 65.0 Å². The summed E-state index contributed by atoms with van der Waals surface area (Å²) in [6.07, 6.45) is 7.37. The molecule has 0 radical (unpaired) electrons. The van der Waals surface area contributed by atoms with E-state index in [0.29, 0.717) is 11.5 Å². The first-order valence-corrected chi connectivity index (χ1v) is 11.5. The first kappa shape index (κ1) is 19.9. The molecule has 9 heteroatoms. The molecule has 160 valence electrons. The molecule has 0 saturated carbocycles. The van der Waals surface area contributed by atoms with Crippen molar-refractivity contribution in [1.29, 1.82) is 0 Å². The Balaban J connectivity index is 1.72. The first-order valence-electron chi connectivity index (χ1n) is 10.7. The monoisotopic (exact) mass is 436 g/mol. The van der Waals surface area contributed by atoms with Gasteiger partial charge in [0, 0.05) is 35.9 Å². The lowest BCUT2D eigenvalue weighted by atomic mass is 10.1. The van der Waals surface area contributed by atoms with Crippen LogP contribution in [-0.2, 0) is 17.8 Å². The standard InChI is InChI=1S/C22H24N6O2S/c1-3-16-14(2)31-21-18(16)20-24-19(15-7-9-23-10-8-15)25-28(20)22(30)27(21)13-17(29)26-11-5-4-6-12-26/h7-10H,3-6,11-13H2,1-2H3. The number of carbonyl (C=O) groups excluding carboxylic acids is 1. The van der Waals surface area contributed by atoms with Crippen LogP contribution in [0, 0.1) is 6.92 Å². The molecule has 31 heavy (non-hydrogen) atoms. The van der Waals surface area contributed by atoms with Crippen LogP contribution in [0.5, 0.6) is 0 Å². The van der Waals surface area contributed by atoms with Crippen LogP contribution in [0.3, 0.4) is 0 Å². The highest BCUT2D eigenvalue weighted by molar-refractivity contribution is 7.19. The molecule has 0 bridgehead atoms. The van der Waals surface area contributed by atoms with E-state index in [1.54, 1.807) is 28.3 Å². The van der Waals surface area contributed by atoms with Crippen LogP contribution in [0.4, 0.5) is 0 Å². The Bertz CT molecular complexity index is 1330. The molecular weight excluding hydrogens is 412 g/mol. The minimum absolute atomic E-state index is 0.0129. The van der Waals surface area contributed by atoms with Gasteiger partial charge in [0.2, 0.25) is 5.91 Å². The molecule has 5 heterocycles. The quantitative estimate of drug-likeness (QED) is 0.491. The zero-order valence-electron chi connectivity index (χ0n) is 17.7. The van der Waals surface area contributed by atoms with Gasteiger partial charge in [-0.15, -0.1) is 16.4 Å². The summed E-state index contributed by atoms with van der Waals surface area (Å²) in [5.74, 6) is 0.466. The van der Waals surface area contributed by atoms with Gasteiger partial charge in [0.25, 0.3) is 0 Å². The summed E-state index contributed by atoms with van der Waals surface area (Å²) in [6.45, 7) is 5.70. The molecule has 0 aromatic carbocycles. The fraction of sp³-hybridized carbons (Fsp3) is 0.409. The fourth-order valence-electron chi connectivity index (χ4n) is 4.36. The van der Waals surface area contributed by atoms with Gasteiger partial charge < -0.3 is 4.90 Å². The van der Waals surface area contributed by atoms with E-state index >= 15 is 0 Å². The summed E-state index contributed by atoms with van der Waals surface area (Å²) in [6, 6.07) is 3.65. The molecule has 8 nitrogen and oxygen atoms in total. The van der Waals surface area contributed by atoms with Gasteiger partial charge in [0.15, 0.2) is 11.5 Å². The Hall–Kier alpha value is -3.07. The minimum atomic E-state index is -0.329. The summed E-state index contributed by atoms with van der Waals surface area (Å²) in [4.78, 5) is 39.0. The smallest absolute Gasteiger partial charge is 0.341 e. The molecule has 1 aliphatic heterocycles. The van der Waals surface area contributed by atoms with Gasteiger partial charge in [0.1, 0.15) is 11.4 Å². The third kappa shape index (κ3) is 3.33. The average Bonchev–Trinajstić information content (AvgIpc) is 3.39. The molecule has 0 atom stereocenters. The van der Waals surface area contributed by atoms with Gasteiger partial charge in [-0.2, -0.15) is 4.52 Å². The second-order valence-corrected chi connectivity index (χ2v) is 9.09. The third-order valence-electron chi connectivity index (χ3n) is 5.97. The number of rotatable bonds is 4. The maximum atomic E-state index is 13.5. The Kier molecular flexibility index (Phi) is 5.05. The van der Waals surface area contributed by atoms with Crippen LogP contribution in [0.2, 0.25) is 0 Å². The normalized spacial score (nSPS) is 14.6. The zero-order chi connectivity index (χ0) is 21.5. The Labute approximate surface area is 183 Å². The molecule has 1 aliphatic rings. The zero-order valence-corrected chi connectivity index (χ0v) is 18.5. The van der Waals surface area contributed by atoms with Crippen molar-refractivity contribution >= 4 is 33.1 Å². The Morgan fingerprint density at radius 2 is 1.90 bits per heavy atom. The van der Waals surface area contributed by atoms with E-state index < -0.39 is 0 Å². The number of thiophene rings is 1. The predicted molar refractivity (Wildman–Crippen MR) is 120 cm³/mol. The number of pyridine rings is 1. The predicted octanol–water partition coefficient (Wildman–Crippen LogP) is 3.05. The second-order valence-electron chi connectivity index (χ2n) is 7.89. The average molecular weight is 437 g/mol. The van der Waals surface area contributed by atoms with Crippen LogP contribution >= 0.6 is 11.3 Å². The number of aromatic nitrogens is 5. The summed E-state index contributed by atoms with van der Waals surface area (Å²) in [7, 11) is 0. The largest absolute Gasteiger partial charge is 0.352 e. The molecule has 4 aromatic heterocycles. The van der Waals surface area contributed by atoms with Crippen molar-refractivity contribution in [1.82, 2.24) is 29.0 Å². The number of carbonyl (C=O) groups is 1. The van der Waals surface area contributed by atoms with Gasteiger partial charge in [-0.1, -0.05) is 6.92 Å². The van der Waals surface area contributed by atoms with Gasteiger partial charge in [-0.05, 0) is 50.3 Å². The Morgan fingerprint density at radius 3 is 2.61 bits per heavy atom. The highest BCUT2D eigenvalue weighted by Crippen LogP contribution is 2.33. The van der Waals surface area contributed by atoms with Crippen molar-refractivity contribution in [2.45, 2.75) is 46.1 Å². The van der Waals surface area contributed by atoms with Gasteiger partial charge in [-0.3, -0.25) is 14.3 Å². The number of nitrogens with zero attached hydrogens (tertiary/aromatic N) is 6. The van der Waals surface area contributed by atoms with Crippen molar-refractivity contribution in [2.24, 2.45) is 0 Å². The van der Waals surface area contributed by atoms with E-state index in [-0.39, 0.29) is 18.1 Å². The highest BCUT2D eigenvalue weighted by Gasteiger charge is 2.24. The van der Waals surface area contributed by atoms with Crippen molar-refractivity contribution in [2.75, 3.05) is 13.1 Å². The van der Waals surface area contributed by atoms with Crippen molar-refractivity contribution in [3.05, 3.63) is 45.5 Å². The lowest BCUT2D eigenvalue weighted by Gasteiger charge is -2.27. The summed E-state index contributed by atoms with van der Waals surface area (Å²) in [5.41, 5.74) is 2.17. The van der Waals surface area contributed by atoms with Gasteiger partial charge in [0.05, 0.1) is 5.39 Å². The number of likely N-dealkylation sites (tertiary alicyclic amines) is 1. The number of aryl methyl sites for hydroxylation is 2. The molecule has 1 amide bonds. The molecule has 4 aromatic rings. The molecule has 0 aliphatic carbocycles. The van der Waals surface area contributed by atoms with E-state index in [9.17, 15) is 9.59 Å². The molecule has 5 rings (SSSR count). The van der Waals surface area contributed by atoms with E-state index in [4.69, 9.17) is 4.98 Å². The molecule has 1 fully saturated rings. The molecule has 0 spiro atoms. The van der Waals surface area contributed by atoms with Crippen LogP contribution < -0.4 is 5.69 Å². The lowest BCUT2D eigenvalue weighted by Crippen LogP contribution is -2.40. The van der Waals surface area contributed by atoms with Gasteiger partial charge >= 0.3 is 5.69 Å². The molecule has 1 saturated heterocycles. The number of amides is 1. The summed E-state index contributed by atoms with van der Waals surface area (Å²) in [5, 5.41) is 5.44. The SMILES string of the molecule is CCc1c(C)sc2c1c1nc(-c3ccncc3)nn1c(=O)n2CC(=O)N1CCCCC1. The van der Waals surface area contributed by atoms with Crippen LogP contribution in [0.15, 0.2) is 29.3 Å². The van der Waals surface area contributed by atoms with Crippen molar-refractivity contribution in [3.8, 4) is 11.4 Å². The van der Waals surface area contributed by atoms with Crippen molar-refractivity contribution < 1.29 is 4.79 Å². The molecule has 0 unspecified atom stereocenters. The maximum Gasteiger partial charge on any atom is 0.352 e. The maximum absolute atomic E-state index is 13.5. The Morgan fingerprint density at radius 1 is 1.16 bits per heavy atom. The van der Waals surface area contributed by atoms with Gasteiger partial charge in [-0.25, -0.2) is 9.78 Å². The van der Waals surface area contributed by atoms with Crippen LogP contribution in [0.1, 0.15) is 36.6 Å². The lowest BCUT2D eigenvalue weighted by molar-refractivity contribution is -0.132. The van der Waals surface area contributed by atoms with E-state index in [1.807, 2.05) is 17.0 Å². The topological polar surface area (TPSA) is 85.4 Å². The summed E-state index contributed by atoms with van der Waals surface area (Å²) < 4.78 is 2.94.